The van der Waals surface area contributed by atoms with Crippen LogP contribution in [0.1, 0.15) is 75.6 Å². The minimum absolute atomic E-state index is 0.0559. The standard InChI is InChI=1S/C35H42O3/c1-33(2)29-15-17-35(4)30(34(29,3)18-16-31(33)36)20-26-19-27(37-22-24-11-7-5-8-12-24)21-28(32(26)35)38-23-25-13-9-6-10-14-25/h5-14,19,21,29-31,36H,15-18,20,22-23H2,1-4H3/t29-,30+,31-,34-,35+/m0/s1. The Hall–Kier alpha value is -2.78. The van der Waals surface area contributed by atoms with Crippen LogP contribution in [0, 0.1) is 22.7 Å². The van der Waals surface area contributed by atoms with Gasteiger partial charge < -0.3 is 14.6 Å². The van der Waals surface area contributed by atoms with Gasteiger partial charge in [0.15, 0.2) is 0 Å². The number of aliphatic hydroxyl groups excluding tert-OH is 1. The molecule has 0 heterocycles. The summed E-state index contributed by atoms with van der Waals surface area (Å²) in [4.78, 5) is 0. The molecule has 3 nitrogen and oxygen atoms in total. The maximum atomic E-state index is 10.9. The highest BCUT2D eigenvalue weighted by molar-refractivity contribution is 5.55. The minimum atomic E-state index is -0.212. The second kappa shape index (κ2) is 9.45. The van der Waals surface area contributed by atoms with Crippen molar-refractivity contribution in [2.45, 2.75) is 84.5 Å². The van der Waals surface area contributed by atoms with Crippen LogP contribution >= 0.6 is 0 Å². The Bertz CT molecular complexity index is 1280. The molecule has 1 N–H and O–H groups in total. The molecule has 0 unspecified atom stereocenters. The van der Waals surface area contributed by atoms with Gasteiger partial charge in [0.05, 0.1) is 6.10 Å². The molecule has 3 aromatic rings. The fourth-order valence-corrected chi connectivity index (χ4v) is 8.65. The number of benzene rings is 3. The van der Waals surface area contributed by atoms with Crippen LogP contribution in [0.3, 0.4) is 0 Å². The van der Waals surface area contributed by atoms with Crippen LogP contribution in [-0.2, 0) is 25.0 Å². The highest BCUT2D eigenvalue weighted by Crippen LogP contribution is 2.68. The summed E-state index contributed by atoms with van der Waals surface area (Å²) in [5, 5.41) is 10.9. The Morgan fingerprint density at radius 3 is 2.05 bits per heavy atom. The van der Waals surface area contributed by atoms with Crippen molar-refractivity contribution in [2.24, 2.45) is 22.7 Å². The van der Waals surface area contributed by atoms with Gasteiger partial charge in [-0.3, -0.25) is 0 Å². The lowest BCUT2D eigenvalue weighted by Crippen LogP contribution is -2.58. The summed E-state index contributed by atoms with van der Waals surface area (Å²) >= 11 is 0. The van der Waals surface area contributed by atoms with Crippen LogP contribution in [0.4, 0.5) is 0 Å². The molecule has 2 fully saturated rings. The number of hydrogen-bond donors (Lipinski definition) is 1. The lowest BCUT2D eigenvalue weighted by molar-refractivity contribution is -0.151. The van der Waals surface area contributed by atoms with Crippen molar-refractivity contribution in [1.82, 2.24) is 0 Å². The molecule has 3 aliphatic rings. The molecular weight excluding hydrogens is 468 g/mol. The summed E-state index contributed by atoms with van der Waals surface area (Å²) in [6.07, 6.45) is 5.11. The van der Waals surface area contributed by atoms with Gasteiger partial charge in [0, 0.05) is 17.0 Å². The highest BCUT2D eigenvalue weighted by atomic mass is 16.5. The summed E-state index contributed by atoms with van der Waals surface area (Å²) < 4.78 is 13.0. The van der Waals surface area contributed by atoms with E-state index in [0.717, 1.165) is 43.6 Å². The zero-order valence-corrected chi connectivity index (χ0v) is 23.4. The van der Waals surface area contributed by atoms with E-state index >= 15 is 0 Å². The van der Waals surface area contributed by atoms with E-state index in [9.17, 15) is 5.11 Å². The first kappa shape index (κ1) is 25.5. The van der Waals surface area contributed by atoms with Gasteiger partial charge in [-0.05, 0) is 77.5 Å². The molecule has 0 aliphatic heterocycles. The summed E-state index contributed by atoms with van der Waals surface area (Å²) in [7, 11) is 0. The molecule has 0 saturated heterocycles. The molecule has 3 aromatic carbocycles. The molecule has 2 saturated carbocycles. The highest BCUT2D eigenvalue weighted by Gasteiger charge is 2.63. The molecule has 3 aliphatic carbocycles. The zero-order chi connectivity index (χ0) is 26.5. The van der Waals surface area contributed by atoms with Crippen LogP contribution in [0.5, 0.6) is 11.5 Å². The van der Waals surface area contributed by atoms with E-state index in [1.807, 2.05) is 12.1 Å². The van der Waals surface area contributed by atoms with Crippen molar-refractivity contribution in [3.8, 4) is 11.5 Å². The van der Waals surface area contributed by atoms with Crippen LogP contribution in [0.15, 0.2) is 72.8 Å². The molecule has 0 aromatic heterocycles. The van der Waals surface area contributed by atoms with E-state index in [1.165, 1.54) is 22.3 Å². The quantitative estimate of drug-likeness (QED) is 0.367. The predicted octanol–water partition coefficient (Wildman–Crippen LogP) is 7.87. The molecule has 0 spiro atoms. The number of fused-ring (bicyclic) bond motifs is 5. The molecule has 3 heteroatoms. The zero-order valence-electron chi connectivity index (χ0n) is 23.4. The van der Waals surface area contributed by atoms with Gasteiger partial charge >= 0.3 is 0 Å². The van der Waals surface area contributed by atoms with Crippen LogP contribution < -0.4 is 9.47 Å². The van der Waals surface area contributed by atoms with Gasteiger partial charge in [-0.2, -0.15) is 0 Å². The van der Waals surface area contributed by atoms with Crippen LogP contribution in [-0.4, -0.2) is 11.2 Å². The SMILES string of the molecule is CC1(C)[C@@H](O)CC[C@]2(C)[C@H]3Cc4cc(OCc5ccccc5)cc(OCc5ccccc5)c4[C@]3(C)CC[C@@H]12. The fourth-order valence-electron chi connectivity index (χ4n) is 8.65. The average Bonchev–Trinajstić information content (AvgIpc) is 3.23. The molecule has 5 atom stereocenters. The van der Waals surface area contributed by atoms with Crippen molar-refractivity contribution in [1.29, 1.82) is 0 Å². The first-order chi connectivity index (χ1) is 18.2. The number of aliphatic hydroxyl groups is 1. The maximum absolute atomic E-state index is 10.9. The van der Waals surface area contributed by atoms with Crippen molar-refractivity contribution < 1.29 is 14.6 Å². The largest absolute Gasteiger partial charge is 0.489 e. The lowest BCUT2D eigenvalue weighted by Gasteiger charge is -2.62. The topological polar surface area (TPSA) is 38.7 Å². The second-order valence-corrected chi connectivity index (χ2v) is 13.2. The molecule has 0 amide bonds. The molecule has 6 rings (SSSR count). The summed E-state index contributed by atoms with van der Waals surface area (Å²) in [5.41, 5.74) is 5.32. The van der Waals surface area contributed by atoms with Crippen molar-refractivity contribution >= 4 is 0 Å². The smallest absolute Gasteiger partial charge is 0.127 e. The third kappa shape index (κ3) is 4.14. The number of ether oxygens (including phenoxy) is 2. The number of hydrogen-bond acceptors (Lipinski definition) is 3. The molecule has 0 bridgehead atoms. The van der Waals surface area contributed by atoms with Crippen molar-refractivity contribution in [2.75, 3.05) is 0 Å². The van der Waals surface area contributed by atoms with Gasteiger partial charge in [0.1, 0.15) is 24.7 Å². The van der Waals surface area contributed by atoms with E-state index in [4.69, 9.17) is 9.47 Å². The molecule has 38 heavy (non-hydrogen) atoms. The van der Waals surface area contributed by atoms with E-state index in [1.54, 1.807) is 0 Å². The minimum Gasteiger partial charge on any atom is -0.489 e. The maximum Gasteiger partial charge on any atom is 0.127 e. The normalized spacial score (nSPS) is 31.1. The average molecular weight is 511 g/mol. The fraction of sp³-hybridized carbons (Fsp3) is 0.486. The molecule has 0 radical (unpaired) electrons. The van der Waals surface area contributed by atoms with E-state index in [2.05, 4.69) is 88.4 Å². The first-order valence-electron chi connectivity index (χ1n) is 14.4. The van der Waals surface area contributed by atoms with Gasteiger partial charge in [0.25, 0.3) is 0 Å². The van der Waals surface area contributed by atoms with Gasteiger partial charge in [-0.15, -0.1) is 0 Å². The van der Waals surface area contributed by atoms with Crippen molar-refractivity contribution in [3.05, 3.63) is 95.1 Å². The van der Waals surface area contributed by atoms with Crippen LogP contribution in [0.2, 0.25) is 0 Å². The Labute approximate surface area is 228 Å². The Morgan fingerprint density at radius 1 is 0.763 bits per heavy atom. The lowest BCUT2D eigenvalue weighted by atomic mass is 9.43. The Balaban J connectivity index is 1.37. The molecular formula is C35H42O3. The van der Waals surface area contributed by atoms with Crippen molar-refractivity contribution in [3.63, 3.8) is 0 Å². The Kier molecular flexibility index (Phi) is 6.34. The van der Waals surface area contributed by atoms with E-state index in [0.29, 0.717) is 25.0 Å². The number of rotatable bonds is 6. The summed E-state index contributed by atoms with van der Waals surface area (Å²) in [6.45, 7) is 10.7. The Morgan fingerprint density at radius 2 is 1.39 bits per heavy atom. The van der Waals surface area contributed by atoms with E-state index in [-0.39, 0.29) is 22.3 Å². The van der Waals surface area contributed by atoms with Gasteiger partial charge in [-0.1, -0.05) is 88.4 Å². The third-order valence-electron chi connectivity index (χ3n) is 10.7. The first-order valence-corrected chi connectivity index (χ1v) is 14.4. The summed E-state index contributed by atoms with van der Waals surface area (Å²) in [5.74, 6) is 2.92. The molecule has 200 valence electrons. The van der Waals surface area contributed by atoms with Crippen LogP contribution in [0.25, 0.3) is 0 Å². The van der Waals surface area contributed by atoms with Gasteiger partial charge in [-0.25, -0.2) is 0 Å². The monoisotopic (exact) mass is 510 g/mol. The second-order valence-electron chi connectivity index (χ2n) is 13.2. The third-order valence-corrected chi connectivity index (χ3v) is 10.7. The van der Waals surface area contributed by atoms with E-state index < -0.39 is 0 Å². The predicted molar refractivity (Wildman–Crippen MR) is 152 cm³/mol. The van der Waals surface area contributed by atoms with Gasteiger partial charge in [0.2, 0.25) is 0 Å². The summed E-state index contributed by atoms with van der Waals surface area (Å²) in [6, 6.07) is 25.2.